The van der Waals surface area contributed by atoms with Crippen LogP contribution in [0, 0.1) is 0 Å². The molecule has 4 nitrogen and oxygen atoms in total. The highest BCUT2D eigenvalue weighted by molar-refractivity contribution is 5.76. The molecule has 1 heterocycles. The number of hydrogen-bond acceptors (Lipinski definition) is 3. The van der Waals surface area contributed by atoms with Gasteiger partial charge in [-0.1, -0.05) is 18.2 Å². The number of benzene rings is 1. The van der Waals surface area contributed by atoms with Crippen LogP contribution in [0.4, 0.5) is 0 Å². The molecule has 1 N–H and O–H groups in total. The molecule has 1 aromatic rings. The Labute approximate surface area is 114 Å². The van der Waals surface area contributed by atoms with Crippen LogP contribution in [0.25, 0.3) is 0 Å². The molecule has 1 aromatic carbocycles. The Morgan fingerprint density at radius 1 is 1.37 bits per heavy atom. The van der Waals surface area contributed by atoms with Gasteiger partial charge in [-0.25, -0.2) is 0 Å². The van der Waals surface area contributed by atoms with E-state index in [4.69, 9.17) is 4.74 Å². The molecule has 0 aromatic heterocycles. The topological polar surface area (TPSA) is 49.8 Å². The first-order chi connectivity index (χ1) is 9.20. The number of methoxy groups -OCH3 is 1. The van der Waals surface area contributed by atoms with Crippen LogP contribution in [0.2, 0.25) is 0 Å². The monoisotopic (exact) mass is 263 g/mol. The number of carbonyl (C=O) groups is 1. The van der Waals surface area contributed by atoms with Gasteiger partial charge >= 0.3 is 0 Å². The fraction of sp³-hybridized carbons (Fsp3) is 0.533. The van der Waals surface area contributed by atoms with Gasteiger partial charge in [0.1, 0.15) is 5.75 Å². The number of phenols is 1. The van der Waals surface area contributed by atoms with Crippen molar-refractivity contribution >= 4 is 5.91 Å². The van der Waals surface area contributed by atoms with Gasteiger partial charge in [-0.2, -0.15) is 0 Å². The van der Waals surface area contributed by atoms with Crippen molar-refractivity contribution in [1.82, 2.24) is 4.90 Å². The molecule has 4 heteroatoms. The third-order valence-corrected chi connectivity index (χ3v) is 3.73. The van der Waals surface area contributed by atoms with E-state index in [9.17, 15) is 9.90 Å². The molecule has 0 saturated carbocycles. The number of likely N-dealkylation sites (tertiary alicyclic amines) is 1. The Hall–Kier alpha value is -1.55. The number of nitrogens with zero attached hydrogens (tertiary/aromatic N) is 1. The summed E-state index contributed by atoms with van der Waals surface area (Å²) in [4.78, 5) is 14.0. The first kappa shape index (κ1) is 13.9. The molecule has 1 fully saturated rings. The van der Waals surface area contributed by atoms with Crippen molar-refractivity contribution in [3.63, 3.8) is 0 Å². The van der Waals surface area contributed by atoms with Gasteiger partial charge in [-0.05, 0) is 30.9 Å². The molecule has 0 spiro atoms. The molecule has 19 heavy (non-hydrogen) atoms. The Balaban J connectivity index is 1.81. The highest BCUT2D eigenvalue weighted by atomic mass is 16.5. The van der Waals surface area contributed by atoms with Gasteiger partial charge < -0.3 is 14.7 Å². The highest BCUT2D eigenvalue weighted by Crippen LogP contribution is 2.19. The number of piperidine rings is 1. The third kappa shape index (κ3) is 3.70. The maximum atomic E-state index is 12.1. The largest absolute Gasteiger partial charge is 0.508 e. The molecule has 1 aliphatic rings. The third-order valence-electron chi connectivity index (χ3n) is 3.73. The molecule has 0 aliphatic carbocycles. The second kappa shape index (κ2) is 6.57. The van der Waals surface area contributed by atoms with E-state index in [0.717, 1.165) is 31.5 Å². The van der Waals surface area contributed by atoms with Crippen molar-refractivity contribution in [2.75, 3.05) is 20.2 Å². The van der Waals surface area contributed by atoms with Gasteiger partial charge in [-0.15, -0.1) is 0 Å². The second-order valence-electron chi connectivity index (χ2n) is 4.94. The van der Waals surface area contributed by atoms with Crippen LogP contribution < -0.4 is 0 Å². The van der Waals surface area contributed by atoms with Gasteiger partial charge in [0.2, 0.25) is 5.91 Å². The van der Waals surface area contributed by atoms with Gasteiger partial charge in [-0.3, -0.25) is 4.79 Å². The molecule has 0 radical (unpaired) electrons. The van der Waals surface area contributed by atoms with E-state index < -0.39 is 0 Å². The van der Waals surface area contributed by atoms with Gasteiger partial charge in [0.15, 0.2) is 0 Å². The summed E-state index contributed by atoms with van der Waals surface area (Å²) in [6, 6.07) is 7.18. The van der Waals surface area contributed by atoms with E-state index in [1.54, 1.807) is 19.2 Å². The minimum absolute atomic E-state index is 0.165. The van der Waals surface area contributed by atoms with E-state index in [1.165, 1.54) is 0 Å². The summed E-state index contributed by atoms with van der Waals surface area (Å²) < 4.78 is 5.29. The summed E-state index contributed by atoms with van der Waals surface area (Å²) in [7, 11) is 1.72. The van der Waals surface area contributed by atoms with E-state index >= 15 is 0 Å². The predicted molar refractivity (Wildman–Crippen MR) is 73.0 cm³/mol. The van der Waals surface area contributed by atoms with Crippen LogP contribution >= 0.6 is 0 Å². The molecular weight excluding hydrogens is 242 g/mol. The average Bonchev–Trinajstić information content (AvgIpc) is 2.46. The van der Waals surface area contributed by atoms with Crippen molar-refractivity contribution < 1.29 is 14.6 Å². The van der Waals surface area contributed by atoms with Crippen LogP contribution in [0.3, 0.4) is 0 Å². The lowest BCUT2D eigenvalue weighted by Gasteiger charge is -2.31. The number of ether oxygens (including phenoxy) is 1. The van der Waals surface area contributed by atoms with Crippen LogP contribution in [0.15, 0.2) is 24.3 Å². The Kier molecular flexibility index (Phi) is 4.80. The van der Waals surface area contributed by atoms with Crippen molar-refractivity contribution in [1.29, 1.82) is 0 Å². The molecule has 0 bridgehead atoms. The van der Waals surface area contributed by atoms with Crippen molar-refractivity contribution in [3.8, 4) is 5.75 Å². The number of rotatable bonds is 4. The van der Waals surface area contributed by atoms with E-state index in [0.29, 0.717) is 18.9 Å². The summed E-state index contributed by atoms with van der Waals surface area (Å²) in [5, 5.41) is 9.66. The summed E-state index contributed by atoms with van der Waals surface area (Å²) >= 11 is 0. The zero-order valence-corrected chi connectivity index (χ0v) is 11.3. The number of amides is 1. The predicted octanol–water partition coefficient (Wildman–Crippen LogP) is 1.96. The summed E-state index contributed by atoms with van der Waals surface area (Å²) in [6.45, 7) is 1.55. The summed E-state index contributed by atoms with van der Waals surface area (Å²) in [5.41, 5.74) is 0.836. The first-order valence-corrected chi connectivity index (χ1v) is 6.78. The fourth-order valence-electron chi connectivity index (χ4n) is 2.46. The lowest BCUT2D eigenvalue weighted by molar-refractivity contribution is -0.133. The van der Waals surface area contributed by atoms with Gasteiger partial charge in [0, 0.05) is 26.6 Å². The van der Waals surface area contributed by atoms with Gasteiger partial charge in [0.25, 0.3) is 0 Å². The number of phenolic OH excluding ortho intramolecular Hbond substituents is 1. The Morgan fingerprint density at radius 2 is 2.05 bits per heavy atom. The molecule has 2 rings (SSSR count). The average molecular weight is 263 g/mol. The van der Waals surface area contributed by atoms with Gasteiger partial charge in [0.05, 0.1) is 6.10 Å². The quantitative estimate of drug-likeness (QED) is 0.903. The smallest absolute Gasteiger partial charge is 0.222 e. The standard InChI is InChI=1S/C15H21NO3/c1-19-13-8-10-16(11-9-13)15(18)7-6-12-4-2-3-5-14(12)17/h2-5,13,17H,6-11H2,1H3. The molecular formula is C15H21NO3. The molecule has 0 unspecified atom stereocenters. The van der Waals surface area contributed by atoms with E-state index in [-0.39, 0.29) is 11.7 Å². The van der Waals surface area contributed by atoms with E-state index in [1.807, 2.05) is 17.0 Å². The zero-order chi connectivity index (χ0) is 13.7. The van der Waals surface area contributed by atoms with Crippen LogP contribution in [0.1, 0.15) is 24.8 Å². The number of para-hydroxylation sites is 1. The fourth-order valence-corrected chi connectivity index (χ4v) is 2.46. The lowest BCUT2D eigenvalue weighted by Crippen LogP contribution is -2.40. The van der Waals surface area contributed by atoms with Crippen LogP contribution in [-0.2, 0) is 16.0 Å². The minimum Gasteiger partial charge on any atom is -0.508 e. The lowest BCUT2D eigenvalue weighted by atomic mass is 10.1. The molecule has 104 valence electrons. The maximum absolute atomic E-state index is 12.1. The second-order valence-corrected chi connectivity index (χ2v) is 4.94. The van der Waals surface area contributed by atoms with Crippen molar-refractivity contribution in [2.45, 2.75) is 31.8 Å². The number of hydrogen-bond donors (Lipinski definition) is 1. The highest BCUT2D eigenvalue weighted by Gasteiger charge is 2.22. The normalized spacial score (nSPS) is 16.6. The summed E-state index contributed by atoms with van der Waals surface area (Å²) in [6.07, 6.45) is 3.17. The molecule has 0 atom stereocenters. The number of aromatic hydroxyl groups is 1. The molecule has 1 aliphatic heterocycles. The molecule has 1 amide bonds. The summed E-state index contributed by atoms with van der Waals surface area (Å²) in [5.74, 6) is 0.436. The zero-order valence-electron chi connectivity index (χ0n) is 11.3. The van der Waals surface area contributed by atoms with Crippen LogP contribution in [-0.4, -0.2) is 42.2 Å². The SMILES string of the molecule is COC1CCN(C(=O)CCc2ccccc2O)CC1. The first-order valence-electron chi connectivity index (χ1n) is 6.78. The Morgan fingerprint density at radius 3 is 2.68 bits per heavy atom. The van der Waals surface area contributed by atoms with Crippen LogP contribution in [0.5, 0.6) is 5.75 Å². The van der Waals surface area contributed by atoms with E-state index in [2.05, 4.69) is 0 Å². The number of aryl methyl sites for hydroxylation is 1. The number of carbonyl (C=O) groups excluding carboxylic acids is 1. The Bertz CT molecular complexity index is 425. The molecule has 1 saturated heterocycles. The minimum atomic E-state index is 0.165. The van der Waals surface area contributed by atoms with Crippen molar-refractivity contribution in [2.24, 2.45) is 0 Å². The van der Waals surface area contributed by atoms with Crippen molar-refractivity contribution in [3.05, 3.63) is 29.8 Å². The maximum Gasteiger partial charge on any atom is 0.222 e.